The summed E-state index contributed by atoms with van der Waals surface area (Å²) in [5.74, 6) is 1.08. The molecule has 2 heterocycles. The van der Waals surface area contributed by atoms with E-state index in [4.69, 9.17) is 9.15 Å². The number of ether oxygens (including phenoxy) is 1. The van der Waals surface area contributed by atoms with E-state index in [1.54, 1.807) is 7.11 Å². The van der Waals surface area contributed by atoms with Gasteiger partial charge in [-0.25, -0.2) is 0 Å². The van der Waals surface area contributed by atoms with Crippen LogP contribution in [0.2, 0.25) is 0 Å². The monoisotopic (exact) mass is 378 g/mol. The number of nitrogens with one attached hydrogen (secondary N) is 1. The van der Waals surface area contributed by atoms with Gasteiger partial charge in [0.25, 0.3) is 5.91 Å². The van der Waals surface area contributed by atoms with E-state index in [2.05, 4.69) is 22.3 Å². The van der Waals surface area contributed by atoms with Crippen LogP contribution in [0.15, 0.2) is 52.9 Å². The van der Waals surface area contributed by atoms with Gasteiger partial charge in [0.05, 0.1) is 13.2 Å². The van der Waals surface area contributed by atoms with E-state index in [9.17, 15) is 4.79 Å². The maximum absolute atomic E-state index is 12.8. The van der Waals surface area contributed by atoms with Crippen LogP contribution < -0.4 is 10.1 Å². The van der Waals surface area contributed by atoms with Gasteiger partial charge in [0, 0.05) is 17.5 Å². The molecular weight excluding hydrogens is 352 g/mol. The summed E-state index contributed by atoms with van der Waals surface area (Å²) in [6, 6.07) is 16.0. The third-order valence-electron chi connectivity index (χ3n) is 5.59. The molecule has 146 valence electrons. The van der Waals surface area contributed by atoms with Crippen molar-refractivity contribution in [1.29, 1.82) is 0 Å². The van der Waals surface area contributed by atoms with Gasteiger partial charge >= 0.3 is 0 Å². The van der Waals surface area contributed by atoms with Gasteiger partial charge in [-0.1, -0.05) is 30.3 Å². The summed E-state index contributed by atoms with van der Waals surface area (Å²) in [5, 5.41) is 4.08. The van der Waals surface area contributed by atoms with Crippen molar-refractivity contribution in [2.24, 2.45) is 0 Å². The fourth-order valence-corrected chi connectivity index (χ4v) is 4.00. The normalized spacial score (nSPS) is 15.6. The molecule has 0 saturated carbocycles. The van der Waals surface area contributed by atoms with Crippen LogP contribution in [0.4, 0.5) is 0 Å². The maximum atomic E-state index is 12.8. The molecular formula is C23H26N2O3. The van der Waals surface area contributed by atoms with Gasteiger partial charge in [-0.3, -0.25) is 9.69 Å². The van der Waals surface area contributed by atoms with Gasteiger partial charge in [-0.05, 0) is 56.6 Å². The van der Waals surface area contributed by atoms with E-state index in [1.807, 2.05) is 43.3 Å². The van der Waals surface area contributed by atoms with E-state index in [-0.39, 0.29) is 11.9 Å². The van der Waals surface area contributed by atoms with Gasteiger partial charge < -0.3 is 14.5 Å². The number of hydrogen-bond donors (Lipinski definition) is 1. The number of nitrogens with zero attached hydrogens (tertiary/aromatic N) is 1. The minimum atomic E-state index is -0.161. The number of carbonyl (C=O) groups is 1. The number of furan rings is 1. The predicted octanol–water partition coefficient (Wildman–Crippen LogP) is 4.32. The quantitative estimate of drug-likeness (QED) is 0.694. The van der Waals surface area contributed by atoms with Crippen LogP contribution in [0.5, 0.6) is 5.75 Å². The molecule has 28 heavy (non-hydrogen) atoms. The number of methoxy groups -OCH3 is 1. The summed E-state index contributed by atoms with van der Waals surface area (Å²) in [4.78, 5) is 15.3. The van der Waals surface area contributed by atoms with Crippen molar-refractivity contribution in [2.45, 2.75) is 25.8 Å². The second-order valence-electron chi connectivity index (χ2n) is 7.29. The molecule has 3 aromatic rings. The molecule has 0 aliphatic carbocycles. The van der Waals surface area contributed by atoms with Crippen molar-refractivity contribution in [3.8, 4) is 5.75 Å². The molecule has 0 radical (unpaired) electrons. The molecule has 4 rings (SSSR count). The molecule has 1 aliphatic heterocycles. The van der Waals surface area contributed by atoms with Crippen LogP contribution in [0.25, 0.3) is 11.0 Å². The highest BCUT2D eigenvalue weighted by molar-refractivity contribution is 5.98. The molecule has 5 nitrogen and oxygen atoms in total. The maximum Gasteiger partial charge on any atom is 0.287 e. The first-order chi connectivity index (χ1) is 13.7. The lowest BCUT2D eigenvalue weighted by Crippen LogP contribution is -2.36. The van der Waals surface area contributed by atoms with Crippen molar-refractivity contribution in [3.05, 3.63) is 65.4 Å². The minimum Gasteiger partial charge on any atom is -0.497 e. The van der Waals surface area contributed by atoms with E-state index >= 15 is 0 Å². The molecule has 1 aliphatic rings. The van der Waals surface area contributed by atoms with E-state index in [0.717, 1.165) is 35.4 Å². The van der Waals surface area contributed by atoms with Crippen LogP contribution in [0.1, 0.15) is 40.6 Å². The number of fused-ring (bicyclic) bond motifs is 1. The molecule has 1 aromatic heterocycles. The fraction of sp³-hybridized carbons (Fsp3) is 0.348. The van der Waals surface area contributed by atoms with Crippen LogP contribution in [-0.4, -0.2) is 37.6 Å². The van der Waals surface area contributed by atoms with Gasteiger partial charge in [0.1, 0.15) is 11.3 Å². The average Bonchev–Trinajstić information content (AvgIpc) is 3.37. The van der Waals surface area contributed by atoms with Crippen molar-refractivity contribution in [3.63, 3.8) is 0 Å². The van der Waals surface area contributed by atoms with Gasteiger partial charge in [0.15, 0.2) is 5.76 Å². The summed E-state index contributed by atoms with van der Waals surface area (Å²) in [5.41, 5.74) is 2.82. The SMILES string of the molecule is COc1ccc([C@H](CNC(=O)c2oc3ccccc3c2C)N2CCCC2)cc1. The lowest BCUT2D eigenvalue weighted by Gasteiger charge is -2.28. The Morgan fingerprint density at radius 1 is 1.14 bits per heavy atom. The Morgan fingerprint density at radius 3 is 2.54 bits per heavy atom. The Labute approximate surface area is 165 Å². The third kappa shape index (κ3) is 3.62. The molecule has 0 bridgehead atoms. The van der Waals surface area contributed by atoms with Crippen LogP contribution >= 0.6 is 0 Å². The van der Waals surface area contributed by atoms with Gasteiger partial charge in [-0.15, -0.1) is 0 Å². The summed E-state index contributed by atoms with van der Waals surface area (Å²) in [7, 11) is 1.67. The molecule has 1 saturated heterocycles. The Morgan fingerprint density at radius 2 is 1.86 bits per heavy atom. The second-order valence-corrected chi connectivity index (χ2v) is 7.29. The van der Waals surface area contributed by atoms with Crippen molar-refractivity contribution >= 4 is 16.9 Å². The van der Waals surface area contributed by atoms with Crippen molar-refractivity contribution in [2.75, 3.05) is 26.7 Å². The number of likely N-dealkylation sites (tertiary alicyclic amines) is 1. The fourth-order valence-electron chi connectivity index (χ4n) is 4.00. The van der Waals surface area contributed by atoms with Crippen molar-refractivity contribution < 1.29 is 13.9 Å². The second kappa shape index (κ2) is 8.07. The van der Waals surface area contributed by atoms with E-state index in [0.29, 0.717) is 12.3 Å². The van der Waals surface area contributed by atoms with E-state index in [1.165, 1.54) is 18.4 Å². The van der Waals surface area contributed by atoms with Gasteiger partial charge in [-0.2, -0.15) is 0 Å². The Hall–Kier alpha value is -2.79. The molecule has 1 N–H and O–H groups in total. The standard InChI is InChI=1S/C23H26N2O3/c1-16-19-7-3-4-8-21(19)28-22(16)23(26)24-15-20(25-13-5-6-14-25)17-9-11-18(27-2)12-10-17/h3-4,7-12,20H,5-6,13-15H2,1-2H3,(H,24,26)/t20-/m0/s1. The van der Waals surface area contributed by atoms with Crippen LogP contribution in [0.3, 0.4) is 0 Å². The molecule has 0 unspecified atom stereocenters. The highest BCUT2D eigenvalue weighted by Gasteiger charge is 2.25. The number of carbonyl (C=O) groups excluding carboxylic acids is 1. The topological polar surface area (TPSA) is 54.7 Å². The number of para-hydroxylation sites is 1. The number of benzene rings is 2. The third-order valence-corrected chi connectivity index (χ3v) is 5.59. The zero-order valence-corrected chi connectivity index (χ0v) is 16.4. The highest BCUT2D eigenvalue weighted by atomic mass is 16.5. The van der Waals surface area contributed by atoms with Crippen LogP contribution in [-0.2, 0) is 0 Å². The minimum absolute atomic E-state index is 0.141. The zero-order chi connectivity index (χ0) is 19.5. The highest BCUT2D eigenvalue weighted by Crippen LogP contribution is 2.27. The average molecular weight is 378 g/mol. The molecule has 5 heteroatoms. The first-order valence-corrected chi connectivity index (χ1v) is 9.81. The van der Waals surface area contributed by atoms with Crippen LogP contribution in [0, 0.1) is 6.92 Å². The summed E-state index contributed by atoms with van der Waals surface area (Å²) < 4.78 is 11.1. The lowest BCUT2D eigenvalue weighted by atomic mass is 10.0. The predicted molar refractivity (Wildman–Crippen MR) is 110 cm³/mol. The smallest absolute Gasteiger partial charge is 0.287 e. The Balaban J connectivity index is 1.52. The lowest BCUT2D eigenvalue weighted by molar-refractivity contribution is 0.0911. The number of aryl methyl sites for hydroxylation is 1. The zero-order valence-electron chi connectivity index (χ0n) is 16.4. The largest absolute Gasteiger partial charge is 0.497 e. The van der Waals surface area contributed by atoms with E-state index < -0.39 is 0 Å². The molecule has 1 amide bonds. The first kappa shape index (κ1) is 18.6. The molecule has 0 spiro atoms. The summed E-state index contributed by atoms with van der Waals surface area (Å²) >= 11 is 0. The molecule has 2 aromatic carbocycles. The summed E-state index contributed by atoms with van der Waals surface area (Å²) in [6.07, 6.45) is 2.40. The Kier molecular flexibility index (Phi) is 5.35. The number of amides is 1. The Bertz CT molecular complexity index is 956. The number of hydrogen-bond acceptors (Lipinski definition) is 4. The van der Waals surface area contributed by atoms with Crippen molar-refractivity contribution in [1.82, 2.24) is 10.2 Å². The van der Waals surface area contributed by atoms with Gasteiger partial charge in [0.2, 0.25) is 0 Å². The molecule has 1 atom stereocenters. The first-order valence-electron chi connectivity index (χ1n) is 9.81. The molecule has 1 fully saturated rings. The number of rotatable bonds is 6. The summed E-state index contributed by atoms with van der Waals surface area (Å²) in [6.45, 7) is 4.58.